The molecular weight excluding hydrogens is 256 g/mol. The first-order valence-electron chi connectivity index (χ1n) is 5.40. The number of halogens is 1. The van der Waals surface area contributed by atoms with Gasteiger partial charge in [-0.05, 0) is 18.1 Å². The number of nitrogens with one attached hydrogen (secondary N) is 1. The fraction of sp³-hybridized carbons (Fsp3) is 0.250. The highest BCUT2D eigenvalue weighted by Crippen LogP contribution is 2.13. The van der Waals surface area contributed by atoms with Gasteiger partial charge in [0.2, 0.25) is 5.91 Å². The lowest BCUT2D eigenvalue weighted by Gasteiger charge is -1.98. The average Bonchev–Trinajstić information content (AvgIpc) is 2.37. The highest BCUT2D eigenvalue weighted by molar-refractivity contribution is 6.17. The van der Waals surface area contributed by atoms with Gasteiger partial charge < -0.3 is 5.32 Å². The van der Waals surface area contributed by atoms with E-state index in [4.69, 9.17) is 11.6 Å². The Morgan fingerprint density at radius 1 is 1.50 bits per heavy atom. The van der Waals surface area contributed by atoms with E-state index < -0.39 is 4.92 Å². The van der Waals surface area contributed by atoms with Crippen molar-refractivity contribution in [1.29, 1.82) is 0 Å². The predicted molar refractivity (Wildman–Crippen MR) is 70.5 cm³/mol. The molecule has 1 amide bonds. The summed E-state index contributed by atoms with van der Waals surface area (Å²) in [4.78, 5) is 21.4. The molecule has 6 heteroatoms. The fourth-order valence-corrected chi connectivity index (χ4v) is 1.38. The standard InChI is InChI=1S/C12H13ClN2O3/c13-7-2-8-14-12(16)6-5-10-3-1-4-11(9-10)15(17)18/h1,3-6,9H,2,7-8H2,(H,14,16)/b6-5+. The van der Waals surface area contributed by atoms with E-state index in [1.54, 1.807) is 12.1 Å². The quantitative estimate of drug-likeness (QED) is 0.283. The number of hydrogen-bond donors (Lipinski definition) is 1. The number of hydrogen-bond acceptors (Lipinski definition) is 3. The smallest absolute Gasteiger partial charge is 0.270 e. The Morgan fingerprint density at radius 2 is 2.28 bits per heavy atom. The minimum absolute atomic E-state index is 0.000279. The van der Waals surface area contributed by atoms with Crippen molar-refractivity contribution in [2.45, 2.75) is 6.42 Å². The second kappa shape index (κ2) is 7.45. The van der Waals surface area contributed by atoms with Crippen LogP contribution in [0.3, 0.4) is 0 Å². The third-order valence-electron chi connectivity index (χ3n) is 2.12. The molecule has 0 unspecified atom stereocenters. The number of rotatable bonds is 6. The van der Waals surface area contributed by atoms with Crippen molar-refractivity contribution in [3.63, 3.8) is 0 Å². The van der Waals surface area contributed by atoms with Crippen LogP contribution in [0.5, 0.6) is 0 Å². The zero-order valence-corrected chi connectivity index (χ0v) is 10.4. The molecule has 0 aromatic heterocycles. The first-order chi connectivity index (χ1) is 8.63. The molecule has 1 N–H and O–H groups in total. The molecule has 0 aliphatic rings. The van der Waals surface area contributed by atoms with Crippen molar-refractivity contribution in [2.24, 2.45) is 0 Å². The van der Waals surface area contributed by atoms with Gasteiger partial charge in [-0.15, -0.1) is 11.6 Å². The number of non-ortho nitro benzene ring substituents is 1. The van der Waals surface area contributed by atoms with Gasteiger partial charge in [-0.1, -0.05) is 12.1 Å². The molecule has 0 radical (unpaired) electrons. The van der Waals surface area contributed by atoms with Gasteiger partial charge in [0, 0.05) is 30.6 Å². The van der Waals surface area contributed by atoms with E-state index in [2.05, 4.69) is 5.32 Å². The van der Waals surface area contributed by atoms with Crippen LogP contribution in [-0.4, -0.2) is 23.3 Å². The summed E-state index contributed by atoms with van der Waals surface area (Å²) in [6, 6.07) is 6.07. The number of carbonyl (C=O) groups excluding carboxylic acids is 1. The van der Waals surface area contributed by atoms with Gasteiger partial charge in [-0.25, -0.2) is 0 Å². The number of nitro benzene ring substituents is 1. The second-order valence-corrected chi connectivity index (χ2v) is 3.90. The highest BCUT2D eigenvalue weighted by atomic mass is 35.5. The summed E-state index contributed by atoms with van der Waals surface area (Å²) >= 11 is 5.47. The highest BCUT2D eigenvalue weighted by Gasteiger charge is 2.03. The predicted octanol–water partition coefficient (Wildman–Crippen LogP) is 2.35. The molecule has 1 aromatic rings. The van der Waals surface area contributed by atoms with Crippen molar-refractivity contribution in [3.8, 4) is 0 Å². The average molecular weight is 269 g/mol. The van der Waals surface area contributed by atoms with Crippen molar-refractivity contribution >= 4 is 29.3 Å². The summed E-state index contributed by atoms with van der Waals surface area (Å²) in [7, 11) is 0. The van der Waals surface area contributed by atoms with E-state index in [0.29, 0.717) is 24.4 Å². The molecule has 0 atom stereocenters. The van der Waals surface area contributed by atoms with Gasteiger partial charge in [0.1, 0.15) is 0 Å². The van der Waals surface area contributed by atoms with Crippen LogP contribution < -0.4 is 5.32 Å². The Hall–Kier alpha value is -1.88. The summed E-state index contributed by atoms with van der Waals surface area (Å²) < 4.78 is 0. The van der Waals surface area contributed by atoms with Crippen molar-refractivity contribution in [3.05, 3.63) is 46.0 Å². The molecule has 5 nitrogen and oxygen atoms in total. The molecule has 1 aromatic carbocycles. The van der Waals surface area contributed by atoms with Crippen LogP contribution in [0, 0.1) is 10.1 Å². The third-order valence-corrected chi connectivity index (χ3v) is 2.39. The zero-order valence-electron chi connectivity index (χ0n) is 9.64. The van der Waals surface area contributed by atoms with E-state index in [1.165, 1.54) is 24.3 Å². The Bertz CT molecular complexity index is 460. The monoisotopic (exact) mass is 268 g/mol. The lowest BCUT2D eigenvalue weighted by Crippen LogP contribution is -2.22. The van der Waals surface area contributed by atoms with Crippen molar-refractivity contribution < 1.29 is 9.72 Å². The summed E-state index contributed by atoms with van der Waals surface area (Å²) in [6.45, 7) is 0.515. The third kappa shape index (κ3) is 4.97. The van der Waals surface area contributed by atoms with Crippen LogP contribution >= 0.6 is 11.6 Å². The van der Waals surface area contributed by atoms with Crippen LogP contribution in [0.1, 0.15) is 12.0 Å². The number of nitrogens with zero attached hydrogens (tertiary/aromatic N) is 1. The molecule has 18 heavy (non-hydrogen) atoms. The summed E-state index contributed by atoms with van der Waals surface area (Å²) in [6.07, 6.45) is 3.58. The minimum atomic E-state index is -0.474. The minimum Gasteiger partial charge on any atom is -0.353 e. The molecule has 0 aliphatic carbocycles. The van der Waals surface area contributed by atoms with E-state index >= 15 is 0 Å². The van der Waals surface area contributed by atoms with E-state index in [1.807, 2.05) is 0 Å². The van der Waals surface area contributed by atoms with Crippen molar-refractivity contribution in [1.82, 2.24) is 5.32 Å². The van der Waals surface area contributed by atoms with E-state index in [-0.39, 0.29) is 11.6 Å². The maximum absolute atomic E-state index is 11.3. The number of benzene rings is 1. The molecule has 0 fully saturated rings. The molecule has 0 saturated carbocycles. The van der Waals surface area contributed by atoms with Gasteiger partial charge in [-0.2, -0.15) is 0 Å². The lowest BCUT2D eigenvalue weighted by molar-refractivity contribution is -0.384. The number of alkyl halides is 1. The van der Waals surface area contributed by atoms with Crippen molar-refractivity contribution in [2.75, 3.05) is 12.4 Å². The molecule has 1 rings (SSSR count). The summed E-state index contributed by atoms with van der Waals surface area (Å²) in [5, 5.41) is 13.2. The topological polar surface area (TPSA) is 72.2 Å². The van der Waals surface area contributed by atoms with Crippen LogP contribution in [-0.2, 0) is 4.79 Å². The van der Waals surface area contributed by atoms with Gasteiger partial charge in [0.15, 0.2) is 0 Å². The molecule has 0 aliphatic heterocycles. The van der Waals surface area contributed by atoms with Gasteiger partial charge >= 0.3 is 0 Å². The molecule has 96 valence electrons. The Morgan fingerprint density at radius 3 is 2.94 bits per heavy atom. The van der Waals surface area contributed by atoms with Crippen LogP contribution in [0.15, 0.2) is 30.3 Å². The van der Waals surface area contributed by atoms with Gasteiger partial charge in [0.25, 0.3) is 5.69 Å². The second-order valence-electron chi connectivity index (χ2n) is 3.52. The normalized spacial score (nSPS) is 10.5. The van der Waals surface area contributed by atoms with Crippen LogP contribution in [0.2, 0.25) is 0 Å². The Kier molecular flexibility index (Phi) is 5.87. The SMILES string of the molecule is O=C(/C=C/c1cccc([N+](=O)[O-])c1)NCCCCl. The van der Waals surface area contributed by atoms with Gasteiger partial charge in [0.05, 0.1) is 4.92 Å². The largest absolute Gasteiger partial charge is 0.353 e. The molecule has 0 spiro atoms. The molecule has 0 saturated heterocycles. The van der Waals surface area contributed by atoms with Crippen LogP contribution in [0.4, 0.5) is 5.69 Å². The number of carbonyl (C=O) groups is 1. The van der Waals surface area contributed by atoms with E-state index in [9.17, 15) is 14.9 Å². The lowest BCUT2D eigenvalue weighted by atomic mass is 10.2. The molecular formula is C12H13ClN2O3. The maximum atomic E-state index is 11.3. The summed E-state index contributed by atoms with van der Waals surface area (Å²) in [5.74, 6) is 0.251. The number of amides is 1. The Balaban J connectivity index is 2.58. The van der Waals surface area contributed by atoms with E-state index in [0.717, 1.165) is 0 Å². The summed E-state index contributed by atoms with van der Waals surface area (Å²) in [5.41, 5.74) is 0.608. The number of nitro groups is 1. The zero-order chi connectivity index (χ0) is 13.4. The molecule has 0 bridgehead atoms. The van der Waals surface area contributed by atoms with Gasteiger partial charge in [-0.3, -0.25) is 14.9 Å². The fourth-order valence-electron chi connectivity index (χ4n) is 1.25. The first-order valence-corrected chi connectivity index (χ1v) is 5.93. The van der Waals surface area contributed by atoms with Crippen LogP contribution in [0.25, 0.3) is 6.08 Å². The maximum Gasteiger partial charge on any atom is 0.270 e. The first kappa shape index (κ1) is 14.2. The molecule has 0 heterocycles. The Labute approximate surface area is 110 Å².